The Morgan fingerprint density at radius 1 is 1.18 bits per heavy atom. The minimum atomic E-state index is -6.00. The molecule has 1 atom stereocenters. The van der Waals surface area contributed by atoms with Gasteiger partial charge in [0.15, 0.2) is 5.69 Å². The molecule has 1 spiro atoms. The number of ether oxygens (including phenoxy) is 1. The SMILES string of the molecule is Cc1ccc2c(c1)OCCC21N=[N+](c2ccc(Cl)cc2)C(=O)N1.F[B-](F)(F)F. The molecule has 2 aliphatic heterocycles. The van der Waals surface area contributed by atoms with Crippen molar-refractivity contribution in [1.29, 1.82) is 0 Å². The smallest absolute Gasteiger partial charge is 0.493 e. The lowest BCUT2D eigenvalue weighted by Crippen LogP contribution is -2.43. The molecule has 2 heterocycles. The molecule has 0 saturated carbocycles. The highest BCUT2D eigenvalue weighted by Gasteiger charge is 2.52. The zero-order chi connectivity index (χ0) is 20.5. The van der Waals surface area contributed by atoms with Crippen LogP contribution in [0.15, 0.2) is 47.6 Å². The van der Waals surface area contributed by atoms with E-state index in [0.29, 0.717) is 23.7 Å². The summed E-state index contributed by atoms with van der Waals surface area (Å²) in [5.74, 6) is 0.776. The van der Waals surface area contributed by atoms with Crippen molar-refractivity contribution in [3.63, 3.8) is 0 Å². The van der Waals surface area contributed by atoms with E-state index in [1.807, 2.05) is 25.1 Å². The van der Waals surface area contributed by atoms with Gasteiger partial charge < -0.3 is 22.0 Å². The summed E-state index contributed by atoms with van der Waals surface area (Å²) in [6, 6.07) is 12.7. The zero-order valence-electron chi connectivity index (χ0n) is 14.6. The Bertz CT molecular complexity index is 931. The Hall–Kier alpha value is -2.62. The summed E-state index contributed by atoms with van der Waals surface area (Å²) in [6.45, 7) is 2.52. The molecular weight excluding hydrogens is 400 g/mol. The molecule has 2 aliphatic rings. The van der Waals surface area contributed by atoms with Gasteiger partial charge in [-0.15, -0.1) is 0 Å². The fourth-order valence-corrected chi connectivity index (χ4v) is 3.12. The highest BCUT2D eigenvalue weighted by atomic mass is 35.5. The van der Waals surface area contributed by atoms with Gasteiger partial charge in [0.25, 0.3) is 5.66 Å². The second-order valence-corrected chi connectivity index (χ2v) is 6.71. The van der Waals surface area contributed by atoms with Crippen LogP contribution < -0.4 is 10.1 Å². The molecule has 2 aromatic rings. The van der Waals surface area contributed by atoms with Crippen LogP contribution in [0.2, 0.25) is 5.02 Å². The number of benzene rings is 2. The standard InChI is InChI=1S/C17H14ClN3O2.BF4/c1-11-2-7-14-15(10-11)23-9-8-17(14)19-16(22)21(20-17)13-5-3-12(18)4-6-13;2-1(3,4)5/h2-7,10H,8-9H2,1H3;/q;-1/p+1. The third kappa shape index (κ3) is 4.44. The minimum absolute atomic E-state index is 0.249. The van der Waals surface area contributed by atoms with Crippen molar-refractivity contribution in [1.82, 2.24) is 5.32 Å². The maximum absolute atomic E-state index is 12.5. The van der Waals surface area contributed by atoms with E-state index in [-0.39, 0.29) is 6.03 Å². The summed E-state index contributed by atoms with van der Waals surface area (Å²) < 4.78 is 46.1. The third-order valence-electron chi connectivity index (χ3n) is 4.15. The Balaban J connectivity index is 0.000000403. The maximum atomic E-state index is 12.5. The van der Waals surface area contributed by atoms with E-state index in [0.717, 1.165) is 16.9 Å². The van der Waals surface area contributed by atoms with Gasteiger partial charge in [0, 0.05) is 5.02 Å². The first-order valence-corrected chi connectivity index (χ1v) is 8.67. The fraction of sp³-hybridized carbons (Fsp3) is 0.235. The van der Waals surface area contributed by atoms with Crippen molar-refractivity contribution < 1.29 is 31.5 Å². The van der Waals surface area contributed by atoms with Gasteiger partial charge >= 0.3 is 13.3 Å². The molecule has 0 saturated heterocycles. The molecule has 4 rings (SSSR count). The summed E-state index contributed by atoms with van der Waals surface area (Å²) in [4.78, 5) is 12.5. The van der Waals surface area contributed by atoms with Gasteiger partial charge in [0.1, 0.15) is 5.75 Å². The first-order valence-electron chi connectivity index (χ1n) is 8.29. The van der Waals surface area contributed by atoms with Gasteiger partial charge in [0.2, 0.25) is 0 Å². The molecule has 0 aliphatic carbocycles. The molecule has 0 aromatic heterocycles. The first kappa shape index (κ1) is 20.1. The average Bonchev–Trinajstić information content (AvgIpc) is 2.91. The van der Waals surface area contributed by atoms with Crippen molar-refractivity contribution >= 4 is 30.6 Å². The number of halogens is 5. The van der Waals surface area contributed by atoms with Crippen molar-refractivity contribution in [2.45, 2.75) is 19.0 Å². The van der Waals surface area contributed by atoms with Gasteiger partial charge in [-0.05, 0) is 48.9 Å². The van der Waals surface area contributed by atoms with Gasteiger partial charge in [-0.3, -0.25) is 0 Å². The van der Waals surface area contributed by atoms with Crippen LogP contribution in [-0.4, -0.2) is 24.6 Å². The van der Waals surface area contributed by atoms with E-state index < -0.39 is 12.9 Å². The highest BCUT2D eigenvalue weighted by molar-refractivity contribution is 6.50. The van der Waals surface area contributed by atoms with Crippen LogP contribution in [0.5, 0.6) is 5.75 Å². The van der Waals surface area contributed by atoms with Gasteiger partial charge in [0.05, 0.1) is 18.6 Å². The van der Waals surface area contributed by atoms with Crippen LogP contribution in [0.1, 0.15) is 17.5 Å². The monoisotopic (exact) mass is 415 g/mol. The lowest BCUT2D eigenvalue weighted by molar-refractivity contribution is -0.404. The number of nitrogens with zero attached hydrogens (tertiary/aromatic N) is 2. The van der Waals surface area contributed by atoms with Crippen LogP contribution in [0, 0.1) is 6.92 Å². The van der Waals surface area contributed by atoms with E-state index in [1.54, 1.807) is 24.3 Å². The molecule has 1 N–H and O–H groups in total. The molecule has 2 amide bonds. The average molecular weight is 416 g/mol. The number of rotatable bonds is 1. The Labute approximate surface area is 163 Å². The maximum Gasteiger partial charge on any atom is 0.673 e. The number of nitrogens with one attached hydrogen (secondary N) is 1. The molecule has 5 nitrogen and oxygen atoms in total. The number of carbonyl (C=O) groups excluding carboxylic acids is 1. The van der Waals surface area contributed by atoms with E-state index in [9.17, 15) is 22.1 Å². The predicted octanol–water partition coefficient (Wildman–Crippen LogP) is 5.40. The summed E-state index contributed by atoms with van der Waals surface area (Å²) in [6.07, 6.45) is 0.596. The normalized spacial score (nSPS) is 20.5. The second-order valence-electron chi connectivity index (χ2n) is 6.27. The van der Waals surface area contributed by atoms with E-state index in [2.05, 4.69) is 10.4 Å². The lowest BCUT2D eigenvalue weighted by Gasteiger charge is -2.27. The minimum Gasteiger partial charge on any atom is -0.493 e. The van der Waals surface area contributed by atoms with Crippen molar-refractivity contribution in [2.24, 2.45) is 5.11 Å². The molecule has 0 bridgehead atoms. The highest BCUT2D eigenvalue weighted by Crippen LogP contribution is 2.41. The Kier molecular flexibility index (Phi) is 5.34. The van der Waals surface area contributed by atoms with E-state index in [1.165, 1.54) is 4.70 Å². The molecule has 1 unspecified atom stereocenters. The van der Waals surface area contributed by atoms with Crippen LogP contribution in [-0.2, 0) is 5.66 Å². The number of azo groups is 2. The van der Waals surface area contributed by atoms with Crippen LogP contribution in [0.4, 0.5) is 27.7 Å². The number of hydrogen-bond acceptors (Lipinski definition) is 3. The number of urea groups is 1. The zero-order valence-corrected chi connectivity index (χ0v) is 15.4. The van der Waals surface area contributed by atoms with Crippen LogP contribution in [0.25, 0.3) is 0 Å². The van der Waals surface area contributed by atoms with Crippen molar-refractivity contribution in [3.05, 3.63) is 58.6 Å². The van der Waals surface area contributed by atoms with E-state index in [4.69, 9.17) is 16.3 Å². The fourth-order valence-electron chi connectivity index (χ4n) is 3.00. The predicted molar refractivity (Wildman–Crippen MR) is 95.5 cm³/mol. The van der Waals surface area contributed by atoms with Gasteiger partial charge in [-0.25, -0.2) is 5.32 Å². The Morgan fingerprint density at radius 2 is 1.82 bits per heavy atom. The molecule has 28 heavy (non-hydrogen) atoms. The first-order chi connectivity index (χ1) is 13.1. The summed E-state index contributed by atoms with van der Waals surface area (Å²) in [5.41, 5.74) is 1.92. The summed E-state index contributed by atoms with van der Waals surface area (Å²) >= 11 is 5.91. The number of aryl methyl sites for hydroxylation is 1. The molecule has 2 aromatic carbocycles. The molecular formula is C17H15BClF4N3O2. The summed E-state index contributed by atoms with van der Waals surface area (Å²) in [5, 5.41) is 8.32. The molecule has 148 valence electrons. The van der Waals surface area contributed by atoms with Crippen LogP contribution in [0.3, 0.4) is 0 Å². The quantitative estimate of drug-likeness (QED) is 0.385. The van der Waals surface area contributed by atoms with Crippen molar-refractivity contribution in [2.75, 3.05) is 6.61 Å². The second kappa shape index (κ2) is 7.42. The number of hydrogen-bond donors (Lipinski definition) is 1. The molecule has 11 heteroatoms. The lowest BCUT2D eigenvalue weighted by atomic mass is 9.93. The van der Waals surface area contributed by atoms with Crippen LogP contribution >= 0.6 is 11.6 Å². The Morgan fingerprint density at radius 3 is 2.46 bits per heavy atom. The molecule has 0 radical (unpaired) electrons. The number of carbonyl (C=O) groups is 1. The molecule has 0 fully saturated rings. The number of amides is 2. The largest absolute Gasteiger partial charge is 0.673 e. The van der Waals surface area contributed by atoms with Gasteiger partial charge in [-0.1, -0.05) is 27.5 Å². The summed E-state index contributed by atoms with van der Waals surface area (Å²) in [7, 11) is -6.00. The number of fused-ring (bicyclic) bond motifs is 2. The van der Waals surface area contributed by atoms with Gasteiger partial charge in [-0.2, -0.15) is 4.79 Å². The van der Waals surface area contributed by atoms with Crippen molar-refractivity contribution in [3.8, 4) is 5.75 Å². The topological polar surface area (TPSA) is 53.7 Å². The van der Waals surface area contributed by atoms with E-state index >= 15 is 0 Å². The third-order valence-corrected chi connectivity index (χ3v) is 4.40.